The van der Waals surface area contributed by atoms with E-state index < -0.39 is 11.8 Å². The lowest BCUT2D eigenvalue weighted by Crippen LogP contribution is -2.02. The SMILES string of the molecule is C/C(=C/COc1cccc(C)c1F)C(=O)O. The van der Waals surface area contributed by atoms with Gasteiger partial charge in [0.25, 0.3) is 0 Å². The Morgan fingerprint density at radius 1 is 1.56 bits per heavy atom. The van der Waals surface area contributed by atoms with Crippen molar-refractivity contribution < 1.29 is 19.0 Å². The van der Waals surface area contributed by atoms with E-state index in [0.29, 0.717) is 5.56 Å². The summed E-state index contributed by atoms with van der Waals surface area (Å²) in [5, 5.41) is 8.58. The van der Waals surface area contributed by atoms with Gasteiger partial charge in [-0.2, -0.15) is 0 Å². The Morgan fingerprint density at radius 3 is 2.88 bits per heavy atom. The molecule has 0 saturated carbocycles. The molecule has 0 radical (unpaired) electrons. The van der Waals surface area contributed by atoms with Gasteiger partial charge in [0.1, 0.15) is 6.61 Å². The molecule has 0 aliphatic heterocycles. The average molecular weight is 224 g/mol. The fourth-order valence-corrected chi connectivity index (χ4v) is 1.08. The van der Waals surface area contributed by atoms with Crippen molar-refractivity contribution in [3.05, 3.63) is 41.2 Å². The normalized spacial score (nSPS) is 11.3. The smallest absolute Gasteiger partial charge is 0.331 e. The van der Waals surface area contributed by atoms with Gasteiger partial charge in [-0.15, -0.1) is 0 Å². The van der Waals surface area contributed by atoms with Crippen molar-refractivity contribution in [1.29, 1.82) is 0 Å². The molecular formula is C12H13FO3. The van der Waals surface area contributed by atoms with E-state index in [1.807, 2.05) is 0 Å². The van der Waals surface area contributed by atoms with Gasteiger partial charge in [-0.1, -0.05) is 12.1 Å². The highest BCUT2D eigenvalue weighted by molar-refractivity contribution is 5.85. The maximum Gasteiger partial charge on any atom is 0.331 e. The van der Waals surface area contributed by atoms with Crippen LogP contribution >= 0.6 is 0 Å². The fourth-order valence-electron chi connectivity index (χ4n) is 1.08. The molecule has 0 saturated heterocycles. The van der Waals surface area contributed by atoms with Gasteiger partial charge in [0.2, 0.25) is 0 Å². The first-order valence-electron chi connectivity index (χ1n) is 4.80. The lowest BCUT2D eigenvalue weighted by Gasteiger charge is -2.06. The number of ether oxygens (including phenoxy) is 1. The molecule has 0 aromatic heterocycles. The Labute approximate surface area is 93.2 Å². The van der Waals surface area contributed by atoms with Gasteiger partial charge < -0.3 is 9.84 Å². The number of halogens is 1. The number of carboxylic acids is 1. The quantitative estimate of drug-likeness (QED) is 0.799. The number of rotatable bonds is 4. The van der Waals surface area contributed by atoms with Gasteiger partial charge in [-0.3, -0.25) is 0 Å². The number of aryl methyl sites for hydroxylation is 1. The van der Waals surface area contributed by atoms with Gasteiger partial charge in [0, 0.05) is 5.57 Å². The van der Waals surface area contributed by atoms with Crippen molar-refractivity contribution >= 4 is 5.97 Å². The summed E-state index contributed by atoms with van der Waals surface area (Å²) in [5.74, 6) is -1.29. The van der Waals surface area contributed by atoms with Crippen molar-refractivity contribution in [2.24, 2.45) is 0 Å². The van der Waals surface area contributed by atoms with E-state index in [4.69, 9.17) is 9.84 Å². The molecule has 86 valence electrons. The molecule has 0 atom stereocenters. The standard InChI is InChI=1S/C12H13FO3/c1-8-4-3-5-10(11(8)13)16-7-6-9(2)12(14)15/h3-6H,7H2,1-2H3,(H,14,15)/b9-6-. The minimum absolute atomic E-state index is 0.0402. The first kappa shape index (κ1) is 12.2. The van der Waals surface area contributed by atoms with Gasteiger partial charge >= 0.3 is 5.97 Å². The zero-order valence-electron chi connectivity index (χ0n) is 9.16. The number of carboxylic acid groups (broad SMARTS) is 1. The van der Waals surface area contributed by atoms with Crippen LogP contribution in [-0.2, 0) is 4.79 Å². The molecule has 1 aromatic carbocycles. The van der Waals surface area contributed by atoms with Gasteiger partial charge in [-0.05, 0) is 31.6 Å². The van der Waals surface area contributed by atoms with Crippen molar-refractivity contribution in [2.45, 2.75) is 13.8 Å². The minimum atomic E-state index is -1.01. The third kappa shape index (κ3) is 3.08. The molecule has 0 heterocycles. The summed E-state index contributed by atoms with van der Waals surface area (Å²) in [5.41, 5.74) is 0.671. The Balaban J connectivity index is 2.66. The third-order valence-electron chi connectivity index (χ3n) is 2.12. The Hall–Kier alpha value is -1.84. The van der Waals surface area contributed by atoms with Crippen LogP contribution in [0.4, 0.5) is 4.39 Å². The number of hydrogen-bond acceptors (Lipinski definition) is 2. The molecular weight excluding hydrogens is 211 g/mol. The molecule has 0 unspecified atom stereocenters. The van der Waals surface area contributed by atoms with Crippen molar-refractivity contribution in [1.82, 2.24) is 0 Å². The van der Waals surface area contributed by atoms with E-state index in [-0.39, 0.29) is 17.9 Å². The maximum atomic E-state index is 13.4. The Kier molecular flexibility index (Phi) is 4.05. The van der Waals surface area contributed by atoms with E-state index >= 15 is 0 Å². The summed E-state index contributed by atoms with van der Waals surface area (Å²) in [6.07, 6.45) is 1.39. The van der Waals surface area contributed by atoms with E-state index in [1.165, 1.54) is 19.1 Å². The number of hydrogen-bond donors (Lipinski definition) is 1. The molecule has 4 heteroatoms. The van der Waals surface area contributed by atoms with Crippen molar-refractivity contribution in [2.75, 3.05) is 6.61 Å². The summed E-state index contributed by atoms with van der Waals surface area (Å²) in [7, 11) is 0. The predicted octanol–water partition coefficient (Wildman–Crippen LogP) is 2.54. The number of benzene rings is 1. The molecule has 0 aliphatic rings. The predicted molar refractivity (Wildman–Crippen MR) is 58.0 cm³/mol. The molecule has 0 bridgehead atoms. The van der Waals surface area contributed by atoms with Crippen LogP contribution in [0.5, 0.6) is 5.75 Å². The molecule has 3 nitrogen and oxygen atoms in total. The van der Waals surface area contributed by atoms with Crippen LogP contribution in [0.1, 0.15) is 12.5 Å². The van der Waals surface area contributed by atoms with E-state index in [0.717, 1.165) is 0 Å². The third-order valence-corrected chi connectivity index (χ3v) is 2.12. The van der Waals surface area contributed by atoms with Gasteiger partial charge in [0.15, 0.2) is 11.6 Å². The first-order chi connectivity index (χ1) is 7.52. The zero-order chi connectivity index (χ0) is 12.1. The topological polar surface area (TPSA) is 46.5 Å². The summed E-state index contributed by atoms with van der Waals surface area (Å²) >= 11 is 0. The Morgan fingerprint density at radius 2 is 2.25 bits per heavy atom. The van der Waals surface area contributed by atoms with Crippen molar-refractivity contribution in [3.63, 3.8) is 0 Å². The van der Waals surface area contributed by atoms with Crippen LogP contribution in [0.3, 0.4) is 0 Å². The minimum Gasteiger partial charge on any atom is -0.486 e. The molecule has 0 spiro atoms. The molecule has 16 heavy (non-hydrogen) atoms. The van der Waals surface area contributed by atoms with E-state index in [9.17, 15) is 9.18 Å². The fraction of sp³-hybridized carbons (Fsp3) is 0.250. The first-order valence-corrected chi connectivity index (χ1v) is 4.80. The number of carbonyl (C=O) groups is 1. The molecule has 1 N–H and O–H groups in total. The summed E-state index contributed by atoms with van der Waals surface area (Å²) < 4.78 is 18.5. The van der Waals surface area contributed by atoms with Gasteiger partial charge in [-0.25, -0.2) is 9.18 Å². The lowest BCUT2D eigenvalue weighted by atomic mass is 10.2. The van der Waals surface area contributed by atoms with Crippen LogP contribution in [0.2, 0.25) is 0 Å². The number of aliphatic carboxylic acids is 1. The molecule has 0 aliphatic carbocycles. The van der Waals surface area contributed by atoms with Crippen LogP contribution < -0.4 is 4.74 Å². The molecule has 0 amide bonds. The molecule has 1 rings (SSSR count). The van der Waals surface area contributed by atoms with Crippen LogP contribution in [0, 0.1) is 12.7 Å². The average Bonchev–Trinajstić information content (AvgIpc) is 2.24. The van der Waals surface area contributed by atoms with E-state index in [2.05, 4.69) is 0 Å². The second-order valence-corrected chi connectivity index (χ2v) is 3.39. The summed E-state index contributed by atoms with van der Waals surface area (Å²) in [6, 6.07) is 4.83. The van der Waals surface area contributed by atoms with Gasteiger partial charge in [0.05, 0.1) is 0 Å². The highest BCUT2D eigenvalue weighted by Crippen LogP contribution is 2.19. The van der Waals surface area contributed by atoms with E-state index in [1.54, 1.807) is 19.1 Å². The largest absolute Gasteiger partial charge is 0.486 e. The monoisotopic (exact) mass is 224 g/mol. The Bertz CT molecular complexity index is 424. The highest BCUT2D eigenvalue weighted by atomic mass is 19.1. The van der Waals surface area contributed by atoms with Crippen molar-refractivity contribution in [3.8, 4) is 5.75 Å². The van der Waals surface area contributed by atoms with Crippen LogP contribution in [0.15, 0.2) is 29.8 Å². The molecule has 0 fully saturated rings. The van der Waals surface area contributed by atoms with Crippen LogP contribution in [-0.4, -0.2) is 17.7 Å². The maximum absolute atomic E-state index is 13.4. The van der Waals surface area contributed by atoms with Crippen LogP contribution in [0.25, 0.3) is 0 Å². The molecule has 1 aromatic rings. The second-order valence-electron chi connectivity index (χ2n) is 3.39. The summed E-state index contributed by atoms with van der Waals surface area (Å²) in [4.78, 5) is 10.5. The lowest BCUT2D eigenvalue weighted by molar-refractivity contribution is -0.132. The zero-order valence-corrected chi connectivity index (χ0v) is 9.16. The highest BCUT2D eigenvalue weighted by Gasteiger charge is 2.05. The second kappa shape index (κ2) is 5.30. The summed E-state index contributed by atoms with van der Waals surface area (Å²) in [6.45, 7) is 3.14.